The van der Waals surface area contributed by atoms with Crippen LogP contribution >= 0.6 is 0 Å². The van der Waals surface area contributed by atoms with Crippen LogP contribution in [0.1, 0.15) is 67.2 Å². The van der Waals surface area contributed by atoms with Gasteiger partial charge in [0, 0.05) is 12.2 Å². The van der Waals surface area contributed by atoms with E-state index >= 15 is 0 Å². The molecule has 0 fully saturated rings. The highest BCUT2D eigenvalue weighted by molar-refractivity contribution is 6.74. The SMILES string of the molecule is CC(C)(C)[Si](C)(C)O[C@@H]1C/C=C\C[C@H](O[Si](C)(C)C(C)(C)C)CC1. The van der Waals surface area contributed by atoms with Crippen LogP contribution in [0.2, 0.25) is 36.3 Å². The Balaban J connectivity index is 2.72. The molecule has 2 nitrogen and oxygen atoms in total. The number of rotatable bonds is 4. The fourth-order valence-electron chi connectivity index (χ4n) is 2.50. The zero-order valence-electron chi connectivity index (χ0n) is 18.0. The van der Waals surface area contributed by atoms with Crippen LogP contribution in [0.25, 0.3) is 0 Å². The first-order valence-corrected chi connectivity index (χ1v) is 15.5. The van der Waals surface area contributed by atoms with Crippen LogP contribution < -0.4 is 0 Å². The topological polar surface area (TPSA) is 18.5 Å². The zero-order valence-corrected chi connectivity index (χ0v) is 20.0. The van der Waals surface area contributed by atoms with E-state index in [1.807, 2.05) is 0 Å². The molecule has 0 saturated carbocycles. The normalized spacial score (nSPS) is 25.9. The highest BCUT2D eigenvalue weighted by atomic mass is 28.4. The van der Waals surface area contributed by atoms with Gasteiger partial charge in [0.15, 0.2) is 16.6 Å². The largest absolute Gasteiger partial charge is 0.414 e. The molecule has 0 bridgehead atoms. The van der Waals surface area contributed by atoms with Crippen molar-refractivity contribution in [2.45, 2.75) is 116 Å². The maximum atomic E-state index is 6.67. The van der Waals surface area contributed by atoms with Crippen molar-refractivity contribution in [1.29, 1.82) is 0 Å². The fraction of sp³-hybridized carbons (Fsp3) is 0.900. The van der Waals surface area contributed by atoms with Crippen molar-refractivity contribution >= 4 is 16.6 Å². The highest BCUT2D eigenvalue weighted by Gasteiger charge is 2.40. The van der Waals surface area contributed by atoms with Gasteiger partial charge >= 0.3 is 0 Å². The minimum Gasteiger partial charge on any atom is -0.414 e. The smallest absolute Gasteiger partial charge is 0.192 e. The maximum Gasteiger partial charge on any atom is 0.192 e. The average Bonchev–Trinajstić information content (AvgIpc) is 2.33. The Labute approximate surface area is 153 Å². The predicted molar refractivity (Wildman–Crippen MR) is 112 cm³/mol. The summed E-state index contributed by atoms with van der Waals surface area (Å²) >= 11 is 0. The van der Waals surface area contributed by atoms with Crippen LogP contribution in [0, 0.1) is 0 Å². The molecular weight excluding hydrogens is 328 g/mol. The van der Waals surface area contributed by atoms with Crippen molar-refractivity contribution in [3.8, 4) is 0 Å². The molecule has 0 aliphatic heterocycles. The molecule has 1 rings (SSSR count). The first-order chi connectivity index (χ1) is 10.7. The Hall–Kier alpha value is 0.0938. The van der Waals surface area contributed by atoms with E-state index in [0.717, 1.165) is 25.7 Å². The van der Waals surface area contributed by atoms with Crippen molar-refractivity contribution in [1.82, 2.24) is 0 Å². The molecule has 142 valence electrons. The third-order valence-electron chi connectivity index (χ3n) is 6.31. The van der Waals surface area contributed by atoms with E-state index in [9.17, 15) is 0 Å². The molecule has 0 heterocycles. The monoisotopic (exact) mass is 370 g/mol. The zero-order chi connectivity index (χ0) is 18.8. The second kappa shape index (κ2) is 7.77. The summed E-state index contributed by atoms with van der Waals surface area (Å²) in [6.07, 6.45) is 9.70. The third kappa shape index (κ3) is 6.12. The molecule has 0 spiro atoms. The van der Waals surface area contributed by atoms with Gasteiger partial charge in [0.25, 0.3) is 0 Å². The first kappa shape index (κ1) is 22.1. The van der Waals surface area contributed by atoms with Crippen LogP contribution in [-0.2, 0) is 8.85 Å². The molecule has 0 aromatic rings. The van der Waals surface area contributed by atoms with Gasteiger partial charge in [-0.3, -0.25) is 0 Å². The fourth-order valence-corrected chi connectivity index (χ4v) is 5.31. The van der Waals surface area contributed by atoms with Gasteiger partial charge in [0.05, 0.1) is 0 Å². The van der Waals surface area contributed by atoms with Gasteiger partial charge in [-0.1, -0.05) is 53.7 Å². The van der Waals surface area contributed by atoms with Crippen molar-refractivity contribution in [3.63, 3.8) is 0 Å². The van der Waals surface area contributed by atoms with Crippen molar-refractivity contribution in [2.75, 3.05) is 0 Å². The van der Waals surface area contributed by atoms with Crippen LogP contribution in [-0.4, -0.2) is 28.8 Å². The van der Waals surface area contributed by atoms with E-state index in [1.54, 1.807) is 0 Å². The van der Waals surface area contributed by atoms with Gasteiger partial charge in [-0.25, -0.2) is 0 Å². The van der Waals surface area contributed by atoms with E-state index in [-0.39, 0.29) is 10.1 Å². The molecule has 4 heteroatoms. The van der Waals surface area contributed by atoms with Gasteiger partial charge in [0.1, 0.15) is 0 Å². The Bertz CT molecular complexity index is 388. The molecule has 24 heavy (non-hydrogen) atoms. The minimum atomic E-state index is -1.70. The molecule has 0 aromatic heterocycles. The molecule has 0 radical (unpaired) electrons. The summed E-state index contributed by atoms with van der Waals surface area (Å²) < 4.78 is 13.3. The molecule has 1 aliphatic rings. The predicted octanol–water partition coefficient (Wildman–Crippen LogP) is 6.90. The summed E-state index contributed by atoms with van der Waals surface area (Å²) in [5.74, 6) is 0. The molecule has 0 aromatic carbocycles. The Kier molecular flexibility index (Phi) is 7.16. The van der Waals surface area contributed by atoms with Gasteiger partial charge < -0.3 is 8.85 Å². The second-order valence-corrected chi connectivity index (χ2v) is 20.0. The van der Waals surface area contributed by atoms with Gasteiger partial charge in [-0.2, -0.15) is 0 Å². The van der Waals surface area contributed by atoms with Gasteiger partial charge in [-0.05, 0) is 61.9 Å². The molecule has 0 saturated heterocycles. The van der Waals surface area contributed by atoms with E-state index in [2.05, 4.69) is 79.9 Å². The second-order valence-electron chi connectivity index (χ2n) is 10.5. The lowest BCUT2D eigenvalue weighted by molar-refractivity contribution is 0.122. The standard InChI is InChI=1S/C20H42O2Si2/c1-19(2,3)23(7,8)21-17-13-11-12-14-18(16-15-17)22-24(9,10)20(4,5)6/h11-12,17-18H,13-16H2,1-10H3/b12-11-/t17-,18+. The van der Waals surface area contributed by atoms with Crippen molar-refractivity contribution in [2.24, 2.45) is 0 Å². The summed E-state index contributed by atoms with van der Waals surface area (Å²) in [5, 5.41) is 0.548. The highest BCUT2D eigenvalue weighted by Crippen LogP contribution is 2.40. The molecule has 0 N–H and O–H groups in total. The van der Waals surface area contributed by atoms with Crippen LogP contribution in [0.15, 0.2) is 12.2 Å². The Morgan fingerprint density at radius 3 is 1.21 bits per heavy atom. The maximum absolute atomic E-state index is 6.67. The number of hydrogen-bond acceptors (Lipinski definition) is 2. The lowest BCUT2D eigenvalue weighted by Crippen LogP contribution is -2.45. The average molecular weight is 371 g/mol. The molecule has 0 amide bonds. The Morgan fingerprint density at radius 2 is 0.958 bits per heavy atom. The van der Waals surface area contributed by atoms with Crippen LogP contribution in [0.5, 0.6) is 0 Å². The lowest BCUT2D eigenvalue weighted by atomic mass is 10.0. The van der Waals surface area contributed by atoms with Crippen LogP contribution in [0.4, 0.5) is 0 Å². The molecule has 1 aliphatic carbocycles. The Morgan fingerprint density at radius 1 is 0.667 bits per heavy atom. The third-order valence-corrected chi connectivity index (χ3v) is 15.4. The van der Waals surface area contributed by atoms with E-state index in [0.29, 0.717) is 12.2 Å². The molecule has 0 unspecified atom stereocenters. The van der Waals surface area contributed by atoms with Crippen molar-refractivity contribution < 1.29 is 8.85 Å². The minimum absolute atomic E-state index is 0.274. The first-order valence-electron chi connectivity index (χ1n) is 9.66. The van der Waals surface area contributed by atoms with Crippen LogP contribution in [0.3, 0.4) is 0 Å². The molecular formula is C20H42O2Si2. The van der Waals surface area contributed by atoms with Gasteiger partial charge in [0.2, 0.25) is 0 Å². The van der Waals surface area contributed by atoms with Crippen molar-refractivity contribution in [3.05, 3.63) is 12.2 Å². The summed E-state index contributed by atoms with van der Waals surface area (Å²) in [4.78, 5) is 0. The van der Waals surface area contributed by atoms with Gasteiger partial charge in [-0.15, -0.1) is 0 Å². The summed E-state index contributed by atoms with van der Waals surface area (Å²) in [7, 11) is -3.39. The van der Waals surface area contributed by atoms with E-state index < -0.39 is 16.6 Å². The molecule has 2 atom stereocenters. The quantitative estimate of drug-likeness (QED) is 0.396. The summed E-state index contributed by atoms with van der Waals surface area (Å²) in [6, 6.07) is 0. The van der Waals surface area contributed by atoms with E-state index in [4.69, 9.17) is 8.85 Å². The summed E-state index contributed by atoms with van der Waals surface area (Å²) in [5.41, 5.74) is 0. The lowest BCUT2D eigenvalue weighted by Gasteiger charge is -2.41. The summed E-state index contributed by atoms with van der Waals surface area (Å²) in [6.45, 7) is 23.4. The number of hydrogen-bond donors (Lipinski definition) is 0. The van der Waals surface area contributed by atoms with E-state index in [1.165, 1.54) is 0 Å².